The van der Waals surface area contributed by atoms with Crippen LogP contribution in [0.3, 0.4) is 0 Å². The molecule has 0 aliphatic heterocycles. The summed E-state index contributed by atoms with van der Waals surface area (Å²) in [7, 11) is 0. The molecule has 0 saturated carbocycles. The third-order valence-corrected chi connectivity index (χ3v) is 3.59. The fraction of sp³-hybridized carbons (Fsp3) is 0.235. The third-order valence-electron chi connectivity index (χ3n) is 3.59. The van der Waals surface area contributed by atoms with Crippen LogP contribution in [0.25, 0.3) is 0 Å². The summed E-state index contributed by atoms with van der Waals surface area (Å²) in [6.45, 7) is 2.76. The molecular formula is C17H18N4O6. The van der Waals surface area contributed by atoms with Crippen molar-refractivity contribution >= 4 is 29.4 Å². The van der Waals surface area contributed by atoms with E-state index >= 15 is 0 Å². The molecule has 0 atom stereocenters. The lowest BCUT2D eigenvalue weighted by Gasteiger charge is -2.09. The molecule has 2 rings (SSSR count). The van der Waals surface area contributed by atoms with Gasteiger partial charge in [-0.25, -0.2) is 4.79 Å². The van der Waals surface area contributed by atoms with Crippen LogP contribution in [-0.2, 0) is 16.0 Å². The second kappa shape index (κ2) is 8.13. The molecule has 0 unspecified atom stereocenters. The van der Waals surface area contributed by atoms with Gasteiger partial charge in [0.25, 0.3) is 5.91 Å². The summed E-state index contributed by atoms with van der Waals surface area (Å²) in [5.41, 5.74) is 11.1. The lowest BCUT2D eigenvalue weighted by molar-refractivity contribution is -0.119. The van der Waals surface area contributed by atoms with Gasteiger partial charge in [-0.15, -0.1) is 0 Å². The zero-order chi connectivity index (χ0) is 20.1. The molecule has 0 fully saturated rings. The fourth-order valence-electron chi connectivity index (χ4n) is 2.31. The van der Waals surface area contributed by atoms with E-state index in [2.05, 4.69) is 10.5 Å². The normalized spacial score (nSPS) is 10.3. The summed E-state index contributed by atoms with van der Waals surface area (Å²) in [5, 5.41) is 6.14. The zero-order valence-corrected chi connectivity index (χ0v) is 14.7. The average Bonchev–Trinajstić information content (AvgIpc) is 3.00. The number of carbonyl (C=O) groups is 4. The molecule has 0 spiro atoms. The van der Waals surface area contributed by atoms with Crippen molar-refractivity contribution in [3.05, 3.63) is 46.3 Å². The maximum atomic E-state index is 12.1. The number of carbonyl (C=O) groups excluding carboxylic acids is 4. The number of rotatable bonds is 7. The number of hydrogen-bond donors (Lipinski definition) is 3. The predicted molar refractivity (Wildman–Crippen MR) is 93.0 cm³/mol. The van der Waals surface area contributed by atoms with E-state index in [1.807, 2.05) is 0 Å². The molecule has 10 heteroatoms. The molecule has 3 amide bonds. The van der Waals surface area contributed by atoms with Crippen LogP contribution in [-0.4, -0.2) is 35.5 Å². The van der Waals surface area contributed by atoms with Crippen molar-refractivity contribution in [3.8, 4) is 0 Å². The molecule has 0 radical (unpaired) electrons. The lowest BCUT2D eigenvalue weighted by Crippen LogP contribution is -2.22. The highest BCUT2D eigenvalue weighted by Gasteiger charge is 2.21. The largest absolute Gasteiger partial charge is 0.452 e. The molecule has 0 aliphatic carbocycles. The molecule has 142 valence electrons. The Balaban J connectivity index is 2.07. The second-order valence-electron chi connectivity index (χ2n) is 5.57. The van der Waals surface area contributed by atoms with Crippen LogP contribution >= 0.6 is 0 Å². The second-order valence-corrected chi connectivity index (χ2v) is 5.57. The summed E-state index contributed by atoms with van der Waals surface area (Å²) >= 11 is 0. The Morgan fingerprint density at radius 1 is 1.11 bits per heavy atom. The number of nitrogens with zero attached hydrogens (tertiary/aromatic N) is 1. The van der Waals surface area contributed by atoms with Crippen molar-refractivity contribution in [2.24, 2.45) is 11.5 Å². The minimum Gasteiger partial charge on any atom is -0.452 e. The van der Waals surface area contributed by atoms with Gasteiger partial charge in [-0.3, -0.25) is 14.4 Å². The number of nitrogens with one attached hydrogen (secondary N) is 1. The Morgan fingerprint density at radius 2 is 1.70 bits per heavy atom. The van der Waals surface area contributed by atoms with Gasteiger partial charge >= 0.3 is 5.97 Å². The standard InChI is InChI=1S/C17H18N4O6/c1-3-12-14(8(2)27-21-12)17(25)26-7-13(22)20-11-5-9(15(18)23)4-10(6-11)16(19)24/h4-6H,3,7H2,1-2H3,(H2,18,23)(H2,19,24)(H,20,22). The molecule has 0 saturated heterocycles. The number of primary amides is 2. The molecule has 5 N–H and O–H groups in total. The van der Waals surface area contributed by atoms with E-state index in [1.54, 1.807) is 13.8 Å². The van der Waals surface area contributed by atoms with E-state index in [1.165, 1.54) is 18.2 Å². The van der Waals surface area contributed by atoms with Gasteiger partial charge in [0.05, 0.1) is 5.69 Å². The molecule has 27 heavy (non-hydrogen) atoms. The SMILES string of the molecule is CCc1noc(C)c1C(=O)OCC(=O)Nc1cc(C(N)=O)cc(C(N)=O)c1. The first kappa shape index (κ1) is 19.6. The summed E-state index contributed by atoms with van der Waals surface area (Å²) < 4.78 is 9.91. The maximum Gasteiger partial charge on any atom is 0.344 e. The van der Waals surface area contributed by atoms with E-state index < -0.39 is 30.3 Å². The van der Waals surface area contributed by atoms with Crippen molar-refractivity contribution in [2.45, 2.75) is 20.3 Å². The lowest BCUT2D eigenvalue weighted by atomic mass is 10.1. The Bertz CT molecular complexity index is 886. The maximum absolute atomic E-state index is 12.1. The first-order valence-corrected chi connectivity index (χ1v) is 7.89. The van der Waals surface area contributed by atoms with Gasteiger partial charge in [-0.05, 0) is 31.5 Å². The van der Waals surface area contributed by atoms with Crippen LogP contribution < -0.4 is 16.8 Å². The highest BCUT2D eigenvalue weighted by Crippen LogP contribution is 2.16. The van der Waals surface area contributed by atoms with Crippen molar-refractivity contribution in [2.75, 3.05) is 11.9 Å². The van der Waals surface area contributed by atoms with Crippen molar-refractivity contribution in [1.82, 2.24) is 5.16 Å². The Labute approximate surface area is 153 Å². The average molecular weight is 374 g/mol. The van der Waals surface area contributed by atoms with Gasteiger partial charge in [-0.1, -0.05) is 12.1 Å². The molecule has 2 aromatic rings. The topological polar surface area (TPSA) is 168 Å². The van der Waals surface area contributed by atoms with Crippen molar-refractivity contribution in [1.29, 1.82) is 0 Å². The Kier molecular flexibility index (Phi) is 5.91. The first-order chi connectivity index (χ1) is 12.7. The molecule has 1 aromatic carbocycles. The van der Waals surface area contributed by atoms with E-state index in [0.29, 0.717) is 12.1 Å². The van der Waals surface area contributed by atoms with Gasteiger partial charge in [0.2, 0.25) is 11.8 Å². The van der Waals surface area contributed by atoms with E-state index in [0.717, 1.165) is 0 Å². The third kappa shape index (κ3) is 4.69. The highest BCUT2D eigenvalue weighted by atomic mass is 16.5. The summed E-state index contributed by atoms with van der Waals surface area (Å²) in [4.78, 5) is 46.8. The minimum absolute atomic E-state index is 0.00808. The number of anilines is 1. The van der Waals surface area contributed by atoms with Gasteiger partial charge in [0, 0.05) is 16.8 Å². The minimum atomic E-state index is -0.796. The molecule has 0 bridgehead atoms. The zero-order valence-electron chi connectivity index (χ0n) is 14.7. The first-order valence-electron chi connectivity index (χ1n) is 7.89. The molecular weight excluding hydrogens is 356 g/mol. The van der Waals surface area contributed by atoms with Crippen LogP contribution in [0.1, 0.15) is 49.5 Å². The van der Waals surface area contributed by atoms with E-state index in [4.69, 9.17) is 20.7 Å². The number of benzene rings is 1. The van der Waals surface area contributed by atoms with Gasteiger partial charge < -0.3 is 26.0 Å². The van der Waals surface area contributed by atoms with Crippen LogP contribution in [0.15, 0.2) is 22.7 Å². The van der Waals surface area contributed by atoms with Crippen LogP contribution in [0.2, 0.25) is 0 Å². The molecule has 0 aliphatic rings. The number of hydrogen-bond acceptors (Lipinski definition) is 7. The molecule has 1 aromatic heterocycles. The predicted octanol–water partition coefficient (Wildman–Crippen LogP) is 0.539. The number of aromatic nitrogens is 1. The summed E-state index contributed by atoms with van der Waals surface area (Å²) in [5.74, 6) is -2.74. The number of amides is 3. The molecule has 10 nitrogen and oxygen atoms in total. The smallest absolute Gasteiger partial charge is 0.344 e. The monoisotopic (exact) mass is 374 g/mol. The van der Waals surface area contributed by atoms with Crippen molar-refractivity contribution in [3.63, 3.8) is 0 Å². The van der Waals surface area contributed by atoms with Gasteiger partial charge in [0.1, 0.15) is 11.3 Å². The Morgan fingerprint density at radius 3 is 2.22 bits per heavy atom. The van der Waals surface area contributed by atoms with Crippen LogP contribution in [0, 0.1) is 6.92 Å². The van der Waals surface area contributed by atoms with E-state index in [-0.39, 0.29) is 28.1 Å². The van der Waals surface area contributed by atoms with Crippen LogP contribution in [0.4, 0.5) is 5.69 Å². The van der Waals surface area contributed by atoms with E-state index in [9.17, 15) is 19.2 Å². The van der Waals surface area contributed by atoms with Gasteiger partial charge in [-0.2, -0.15) is 0 Å². The summed E-state index contributed by atoms with van der Waals surface area (Å²) in [6, 6.07) is 3.75. The fourth-order valence-corrected chi connectivity index (χ4v) is 2.31. The number of ether oxygens (including phenoxy) is 1. The van der Waals surface area contributed by atoms with Crippen LogP contribution in [0.5, 0.6) is 0 Å². The number of aryl methyl sites for hydroxylation is 2. The van der Waals surface area contributed by atoms with Gasteiger partial charge in [0.15, 0.2) is 6.61 Å². The number of nitrogens with two attached hydrogens (primary N) is 2. The molecule has 1 heterocycles. The summed E-state index contributed by atoms with van der Waals surface area (Å²) in [6.07, 6.45) is 0.462. The van der Waals surface area contributed by atoms with Crippen molar-refractivity contribution < 1.29 is 28.4 Å². The Hall–Kier alpha value is -3.69. The number of esters is 1. The highest BCUT2D eigenvalue weighted by molar-refractivity contribution is 6.02. The quantitative estimate of drug-likeness (QED) is 0.594.